The number of carbonyl (C=O) groups excluding carboxylic acids is 1. The van der Waals surface area contributed by atoms with E-state index in [2.05, 4.69) is 10.3 Å². The van der Waals surface area contributed by atoms with E-state index in [0.717, 1.165) is 10.1 Å². The van der Waals surface area contributed by atoms with Gasteiger partial charge >= 0.3 is 5.97 Å². The lowest BCUT2D eigenvalue weighted by Gasteiger charge is -2.06. The van der Waals surface area contributed by atoms with Crippen molar-refractivity contribution in [2.45, 2.75) is 0 Å². The summed E-state index contributed by atoms with van der Waals surface area (Å²) in [6.07, 6.45) is 1.44. The number of nitrogens with one attached hydrogen (secondary N) is 1. The first kappa shape index (κ1) is 13.3. The van der Waals surface area contributed by atoms with E-state index in [-0.39, 0.29) is 17.3 Å². The maximum Gasteiger partial charge on any atom is 0.339 e. The van der Waals surface area contributed by atoms with Gasteiger partial charge in [0.25, 0.3) is 5.91 Å². The lowest BCUT2D eigenvalue weighted by molar-refractivity contribution is 0.0697. The van der Waals surface area contributed by atoms with Gasteiger partial charge in [-0.15, -0.1) is 11.3 Å². The average Bonchev–Trinajstić information content (AvgIpc) is 2.91. The highest BCUT2D eigenvalue weighted by atomic mass is 32.1. The Balaban J connectivity index is 1.96. The summed E-state index contributed by atoms with van der Waals surface area (Å²) < 4.78 is 1.00. The van der Waals surface area contributed by atoms with Gasteiger partial charge in [0, 0.05) is 21.7 Å². The van der Waals surface area contributed by atoms with E-state index < -0.39 is 5.97 Å². The van der Waals surface area contributed by atoms with Crippen LogP contribution in [-0.4, -0.2) is 22.0 Å². The normalized spacial score (nSPS) is 10.5. The highest BCUT2D eigenvalue weighted by Gasteiger charge is 2.16. The van der Waals surface area contributed by atoms with Gasteiger partial charge < -0.3 is 10.4 Å². The maximum atomic E-state index is 12.3. The van der Waals surface area contributed by atoms with Crippen molar-refractivity contribution in [3.05, 3.63) is 59.1 Å². The number of thiophene rings is 1. The molecule has 0 radical (unpaired) electrons. The number of carbonyl (C=O) groups is 2. The highest BCUT2D eigenvalue weighted by Crippen LogP contribution is 2.26. The molecular formula is C15H10N2O3S. The number of hydrogen-bond acceptors (Lipinski definition) is 4. The molecule has 0 unspecified atom stereocenters. The van der Waals surface area contributed by atoms with Crippen LogP contribution in [0.4, 0.5) is 5.82 Å². The quantitative estimate of drug-likeness (QED) is 0.778. The van der Waals surface area contributed by atoms with Crippen LogP contribution < -0.4 is 5.32 Å². The smallest absolute Gasteiger partial charge is 0.339 e. The number of carboxylic acids is 1. The molecule has 3 aromatic rings. The Bertz CT molecular complexity index is 842. The van der Waals surface area contributed by atoms with Gasteiger partial charge in [-0.05, 0) is 18.2 Å². The van der Waals surface area contributed by atoms with Gasteiger partial charge in [0.1, 0.15) is 11.4 Å². The van der Waals surface area contributed by atoms with Gasteiger partial charge in [0.15, 0.2) is 0 Å². The molecule has 104 valence electrons. The Morgan fingerprint density at radius 2 is 1.90 bits per heavy atom. The van der Waals surface area contributed by atoms with Gasteiger partial charge in [0.05, 0.1) is 5.56 Å². The van der Waals surface area contributed by atoms with Crippen LogP contribution in [0.15, 0.2) is 48.0 Å². The van der Waals surface area contributed by atoms with Crippen LogP contribution in [0.3, 0.4) is 0 Å². The molecule has 1 aromatic carbocycles. The fourth-order valence-electron chi connectivity index (χ4n) is 2.01. The van der Waals surface area contributed by atoms with Crippen molar-refractivity contribution < 1.29 is 14.7 Å². The second kappa shape index (κ2) is 5.34. The zero-order valence-corrected chi connectivity index (χ0v) is 11.6. The number of carboxylic acid groups (broad SMARTS) is 1. The molecule has 0 saturated carbocycles. The van der Waals surface area contributed by atoms with Crippen molar-refractivity contribution in [3.63, 3.8) is 0 Å². The molecule has 1 amide bonds. The van der Waals surface area contributed by atoms with E-state index in [1.165, 1.54) is 29.7 Å². The van der Waals surface area contributed by atoms with Gasteiger partial charge in [-0.2, -0.15) is 0 Å². The molecule has 21 heavy (non-hydrogen) atoms. The van der Waals surface area contributed by atoms with Crippen LogP contribution in [-0.2, 0) is 0 Å². The summed E-state index contributed by atoms with van der Waals surface area (Å²) in [4.78, 5) is 27.4. The molecule has 3 rings (SSSR count). The Morgan fingerprint density at radius 3 is 2.71 bits per heavy atom. The molecule has 2 aromatic heterocycles. The molecule has 0 aliphatic carbocycles. The van der Waals surface area contributed by atoms with E-state index in [1.54, 1.807) is 5.38 Å². The molecule has 0 aliphatic rings. The number of anilines is 1. The van der Waals surface area contributed by atoms with E-state index in [9.17, 15) is 9.59 Å². The fourth-order valence-corrected chi connectivity index (χ4v) is 2.95. The van der Waals surface area contributed by atoms with Crippen LogP contribution in [0.5, 0.6) is 0 Å². The SMILES string of the molecule is O=C(O)c1cccnc1NC(=O)c1csc2ccccc12. The third-order valence-corrected chi connectivity index (χ3v) is 3.96. The first-order chi connectivity index (χ1) is 10.2. The van der Waals surface area contributed by atoms with E-state index in [4.69, 9.17) is 5.11 Å². The van der Waals surface area contributed by atoms with Crippen molar-refractivity contribution in [1.82, 2.24) is 4.98 Å². The third kappa shape index (κ3) is 2.48. The van der Waals surface area contributed by atoms with Crippen molar-refractivity contribution in [2.24, 2.45) is 0 Å². The zero-order valence-electron chi connectivity index (χ0n) is 10.7. The molecule has 0 aliphatic heterocycles. The molecular weight excluding hydrogens is 288 g/mol. The number of aromatic carboxylic acids is 1. The van der Waals surface area contributed by atoms with Crippen molar-refractivity contribution in [3.8, 4) is 0 Å². The molecule has 2 N–H and O–H groups in total. The largest absolute Gasteiger partial charge is 0.478 e. The fraction of sp³-hybridized carbons (Fsp3) is 0. The molecule has 0 fully saturated rings. The monoisotopic (exact) mass is 298 g/mol. The summed E-state index contributed by atoms with van der Waals surface area (Å²) in [6, 6.07) is 10.5. The summed E-state index contributed by atoms with van der Waals surface area (Å²) in [5.74, 6) is -1.45. The van der Waals surface area contributed by atoms with E-state index in [1.807, 2.05) is 24.3 Å². The van der Waals surface area contributed by atoms with Gasteiger partial charge in [-0.1, -0.05) is 18.2 Å². The van der Waals surface area contributed by atoms with E-state index in [0.29, 0.717) is 5.56 Å². The molecule has 0 atom stereocenters. The molecule has 2 heterocycles. The number of pyridine rings is 1. The summed E-state index contributed by atoms with van der Waals surface area (Å²) in [5, 5.41) is 14.2. The Kier molecular flexibility index (Phi) is 3.37. The minimum atomic E-state index is -1.13. The first-order valence-corrected chi connectivity index (χ1v) is 7.00. The van der Waals surface area contributed by atoms with Crippen LogP contribution in [0.1, 0.15) is 20.7 Å². The number of nitrogens with zero attached hydrogens (tertiary/aromatic N) is 1. The number of amides is 1. The van der Waals surface area contributed by atoms with Crippen molar-refractivity contribution in [2.75, 3.05) is 5.32 Å². The summed E-state index contributed by atoms with van der Waals surface area (Å²) >= 11 is 1.47. The first-order valence-electron chi connectivity index (χ1n) is 6.12. The van der Waals surface area contributed by atoms with Crippen LogP contribution in [0, 0.1) is 0 Å². The molecule has 6 heteroatoms. The summed E-state index contributed by atoms with van der Waals surface area (Å²) in [6.45, 7) is 0. The summed E-state index contributed by atoms with van der Waals surface area (Å²) in [7, 11) is 0. The number of hydrogen-bond donors (Lipinski definition) is 2. The molecule has 5 nitrogen and oxygen atoms in total. The number of fused-ring (bicyclic) bond motifs is 1. The predicted molar refractivity (Wildman–Crippen MR) is 81.0 cm³/mol. The zero-order chi connectivity index (χ0) is 14.8. The molecule has 0 saturated heterocycles. The second-order valence-electron chi connectivity index (χ2n) is 4.30. The minimum Gasteiger partial charge on any atom is -0.478 e. The highest BCUT2D eigenvalue weighted by molar-refractivity contribution is 7.17. The van der Waals surface area contributed by atoms with Crippen LogP contribution in [0.25, 0.3) is 10.1 Å². The van der Waals surface area contributed by atoms with E-state index >= 15 is 0 Å². The third-order valence-electron chi connectivity index (χ3n) is 3.00. The average molecular weight is 298 g/mol. The predicted octanol–water partition coefficient (Wildman–Crippen LogP) is 3.25. The van der Waals surface area contributed by atoms with Gasteiger partial charge in [-0.3, -0.25) is 4.79 Å². The number of aromatic nitrogens is 1. The van der Waals surface area contributed by atoms with Crippen molar-refractivity contribution >= 4 is 39.1 Å². The Morgan fingerprint density at radius 1 is 1.10 bits per heavy atom. The van der Waals surface area contributed by atoms with Crippen LogP contribution in [0.2, 0.25) is 0 Å². The number of benzene rings is 1. The number of rotatable bonds is 3. The van der Waals surface area contributed by atoms with Gasteiger partial charge in [-0.25, -0.2) is 9.78 Å². The minimum absolute atomic E-state index is 0.0367. The lowest BCUT2D eigenvalue weighted by Crippen LogP contribution is -2.15. The molecule has 0 spiro atoms. The van der Waals surface area contributed by atoms with Crippen molar-refractivity contribution in [1.29, 1.82) is 0 Å². The Labute approximate surface area is 123 Å². The lowest BCUT2D eigenvalue weighted by atomic mass is 10.1. The van der Waals surface area contributed by atoms with Crippen LogP contribution >= 0.6 is 11.3 Å². The van der Waals surface area contributed by atoms with Gasteiger partial charge in [0.2, 0.25) is 0 Å². The standard InChI is InChI=1S/C15H10N2O3S/c18-14(11-8-21-12-6-2-1-4-9(11)12)17-13-10(15(19)20)5-3-7-16-13/h1-8H,(H,19,20)(H,16,17,18). The topological polar surface area (TPSA) is 79.3 Å². The maximum absolute atomic E-state index is 12.3. The summed E-state index contributed by atoms with van der Waals surface area (Å²) in [5.41, 5.74) is 0.475. The second-order valence-corrected chi connectivity index (χ2v) is 5.22. The molecule has 0 bridgehead atoms. The Hall–Kier alpha value is -2.73.